The molecule has 1 unspecified atom stereocenters. The van der Waals surface area contributed by atoms with Crippen LogP contribution in [-0.4, -0.2) is 45.9 Å². The highest BCUT2D eigenvalue weighted by Gasteiger charge is 2.31. The highest BCUT2D eigenvalue weighted by molar-refractivity contribution is 5.98. The number of benzene rings is 2. The van der Waals surface area contributed by atoms with Gasteiger partial charge >= 0.3 is 0 Å². The van der Waals surface area contributed by atoms with Crippen molar-refractivity contribution < 1.29 is 9.59 Å². The van der Waals surface area contributed by atoms with Gasteiger partial charge in [0.05, 0.1) is 17.4 Å². The van der Waals surface area contributed by atoms with Gasteiger partial charge in [-0.1, -0.05) is 29.8 Å². The second kappa shape index (κ2) is 6.87. The van der Waals surface area contributed by atoms with E-state index < -0.39 is 6.04 Å². The maximum Gasteiger partial charge on any atom is 0.246 e. The summed E-state index contributed by atoms with van der Waals surface area (Å²) in [6.07, 6.45) is 1.69. The van der Waals surface area contributed by atoms with Gasteiger partial charge in [-0.05, 0) is 38.1 Å². The molecule has 1 aliphatic rings. The molecule has 138 valence electrons. The summed E-state index contributed by atoms with van der Waals surface area (Å²) in [4.78, 5) is 33.4. The predicted octanol–water partition coefficient (Wildman–Crippen LogP) is 2.78. The van der Waals surface area contributed by atoms with Crippen molar-refractivity contribution in [1.29, 1.82) is 0 Å². The van der Waals surface area contributed by atoms with E-state index in [2.05, 4.69) is 4.98 Å². The van der Waals surface area contributed by atoms with Crippen molar-refractivity contribution in [2.75, 3.05) is 24.5 Å². The largest absolute Gasteiger partial charge is 0.330 e. The quantitative estimate of drug-likeness (QED) is 0.720. The van der Waals surface area contributed by atoms with Gasteiger partial charge in [0.25, 0.3) is 0 Å². The van der Waals surface area contributed by atoms with Crippen LogP contribution in [0.4, 0.5) is 5.69 Å². The Morgan fingerprint density at radius 2 is 1.81 bits per heavy atom. The topological polar surface area (TPSA) is 58.4 Å². The van der Waals surface area contributed by atoms with Gasteiger partial charge < -0.3 is 14.4 Å². The maximum absolute atomic E-state index is 13.0. The molecule has 6 heteroatoms. The third kappa shape index (κ3) is 3.18. The van der Waals surface area contributed by atoms with Crippen molar-refractivity contribution in [2.24, 2.45) is 0 Å². The number of hydrogen-bond acceptors (Lipinski definition) is 3. The number of anilines is 1. The molecule has 27 heavy (non-hydrogen) atoms. The minimum atomic E-state index is -0.406. The van der Waals surface area contributed by atoms with Gasteiger partial charge in [0.1, 0.15) is 12.6 Å². The van der Waals surface area contributed by atoms with E-state index in [9.17, 15) is 9.59 Å². The zero-order valence-corrected chi connectivity index (χ0v) is 15.5. The van der Waals surface area contributed by atoms with E-state index in [0.717, 1.165) is 22.3 Å². The number of carbonyl (C=O) groups is 2. The molecule has 1 fully saturated rings. The molecule has 3 aromatic rings. The molecular formula is C21H22N4O2. The molecule has 2 heterocycles. The fraction of sp³-hybridized carbons (Fsp3) is 0.286. The summed E-state index contributed by atoms with van der Waals surface area (Å²) in [7, 11) is 0. The molecule has 4 rings (SSSR count). The van der Waals surface area contributed by atoms with E-state index >= 15 is 0 Å². The summed E-state index contributed by atoms with van der Waals surface area (Å²) < 4.78 is 1.87. The van der Waals surface area contributed by atoms with Crippen LogP contribution in [0, 0.1) is 6.92 Å². The number of carbonyl (C=O) groups excluding carboxylic acids is 2. The van der Waals surface area contributed by atoms with Crippen LogP contribution in [0.15, 0.2) is 54.9 Å². The first-order chi connectivity index (χ1) is 13.0. The Balaban J connectivity index is 1.49. The fourth-order valence-corrected chi connectivity index (χ4v) is 3.53. The molecule has 0 bridgehead atoms. The first-order valence-electron chi connectivity index (χ1n) is 9.12. The molecule has 1 saturated heterocycles. The predicted molar refractivity (Wildman–Crippen MR) is 105 cm³/mol. The van der Waals surface area contributed by atoms with Gasteiger partial charge in [-0.15, -0.1) is 0 Å². The van der Waals surface area contributed by atoms with Crippen LogP contribution in [0.25, 0.3) is 11.0 Å². The van der Waals surface area contributed by atoms with E-state index in [1.807, 2.05) is 66.9 Å². The van der Waals surface area contributed by atoms with E-state index in [1.165, 1.54) is 0 Å². The lowest BCUT2D eigenvalue weighted by Gasteiger charge is -2.35. The summed E-state index contributed by atoms with van der Waals surface area (Å²) in [5, 5.41) is 0. The number of nitrogens with zero attached hydrogens (tertiary/aromatic N) is 4. The Morgan fingerprint density at radius 1 is 1.07 bits per heavy atom. The van der Waals surface area contributed by atoms with E-state index in [4.69, 9.17) is 0 Å². The van der Waals surface area contributed by atoms with Crippen LogP contribution >= 0.6 is 0 Å². The molecule has 0 radical (unpaired) electrons. The molecule has 2 amide bonds. The van der Waals surface area contributed by atoms with Gasteiger partial charge in [0, 0.05) is 18.8 Å². The van der Waals surface area contributed by atoms with Crippen molar-refractivity contribution in [3.63, 3.8) is 0 Å². The summed E-state index contributed by atoms with van der Waals surface area (Å²) in [5.41, 5.74) is 3.81. The lowest BCUT2D eigenvalue weighted by Crippen LogP contribution is -2.53. The number of aryl methyl sites for hydroxylation is 1. The van der Waals surface area contributed by atoms with Crippen molar-refractivity contribution in [3.05, 3.63) is 60.4 Å². The van der Waals surface area contributed by atoms with E-state index in [1.54, 1.807) is 16.1 Å². The summed E-state index contributed by atoms with van der Waals surface area (Å²) >= 11 is 0. The molecule has 0 N–H and O–H groups in total. The molecule has 0 saturated carbocycles. The average molecular weight is 362 g/mol. The summed E-state index contributed by atoms with van der Waals surface area (Å²) in [6, 6.07) is 15.2. The normalized spacial score (nSPS) is 16.0. The highest BCUT2D eigenvalue weighted by Crippen LogP contribution is 2.22. The minimum Gasteiger partial charge on any atom is -0.330 e. The molecular weight excluding hydrogens is 340 g/mol. The molecule has 1 aromatic heterocycles. The molecule has 0 spiro atoms. The summed E-state index contributed by atoms with van der Waals surface area (Å²) in [5.74, 6) is -0.115. The van der Waals surface area contributed by atoms with Gasteiger partial charge in [-0.3, -0.25) is 9.59 Å². The third-order valence-corrected chi connectivity index (χ3v) is 5.13. The number of piperazine rings is 1. The SMILES string of the molecule is Cc1ccc(N2CCN(C(=O)C(C)n3cnc4ccccc43)CC2=O)cc1. The van der Waals surface area contributed by atoms with Crippen LogP contribution < -0.4 is 4.90 Å². The Hall–Kier alpha value is -3.15. The number of imidazole rings is 1. The van der Waals surface area contributed by atoms with E-state index in [-0.39, 0.29) is 18.4 Å². The monoisotopic (exact) mass is 362 g/mol. The maximum atomic E-state index is 13.0. The van der Waals surface area contributed by atoms with Crippen LogP contribution in [0.3, 0.4) is 0 Å². The molecule has 0 aliphatic carbocycles. The zero-order chi connectivity index (χ0) is 19.0. The molecule has 1 atom stereocenters. The molecule has 1 aliphatic heterocycles. The Bertz CT molecular complexity index is 993. The van der Waals surface area contributed by atoms with Crippen LogP contribution in [-0.2, 0) is 9.59 Å². The minimum absolute atomic E-state index is 0.0545. The second-order valence-electron chi connectivity index (χ2n) is 6.96. The summed E-state index contributed by atoms with van der Waals surface area (Å²) in [6.45, 7) is 5.00. The van der Waals surface area contributed by atoms with Crippen LogP contribution in [0.5, 0.6) is 0 Å². The highest BCUT2D eigenvalue weighted by atomic mass is 16.2. The van der Waals surface area contributed by atoms with Gasteiger partial charge in [-0.2, -0.15) is 0 Å². The molecule has 6 nitrogen and oxygen atoms in total. The van der Waals surface area contributed by atoms with E-state index in [0.29, 0.717) is 13.1 Å². The number of aromatic nitrogens is 2. The number of hydrogen-bond donors (Lipinski definition) is 0. The van der Waals surface area contributed by atoms with Crippen molar-refractivity contribution in [1.82, 2.24) is 14.5 Å². The second-order valence-corrected chi connectivity index (χ2v) is 6.96. The van der Waals surface area contributed by atoms with Crippen LogP contribution in [0.1, 0.15) is 18.5 Å². The lowest BCUT2D eigenvalue weighted by molar-refractivity contribution is -0.139. The first kappa shape index (κ1) is 17.3. The Kier molecular flexibility index (Phi) is 4.39. The van der Waals surface area contributed by atoms with Gasteiger partial charge in [-0.25, -0.2) is 4.98 Å². The number of rotatable bonds is 3. The Labute approximate surface area is 158 Å². The average Bonchev–Trinajstić information content (AvgIpc) is 3.12. The standard InChI is InChI=1S/C21H22N4O2/c1-15-7-9-17(10-8-15)24-12-11-23(13-20(24)26)21(27)16(2)25-14-22-18-5-3-4-6-19(18)25/h3-10,14,16H,11-13H2,1-2H3. The first-order valence-corrected chi connectivity index (χ1v) is 9.12. The lowest BCUT2D eigenvalue weighted by atomic mass is 10.1. The number of para-hydroxylation sites is 2. The Morgan fingerprint density at radius 3 is 2.56 bits per heavy atom. The molecule has 2 aromatic carbocycles. The van der Waals surface area contributed by atoms with Crippen molar-refractivity contribution in [3.8, 4) is 0 Å². The smallest absolute Gasteiger partial charge is 0.246 e. The van der Waals surface area contributed by atoms with Crippen molar-refractivity contribution >= 4 is 28.5 Å². The fourth-order valence-electron chi connectivity index (χ4n) is 3.53. The number of fused-ring (bicyclic) bond motifs is 1. The van der Waals surface area contributed by atoms with Crippen LogP contribution in [0.2, 0.25) is 0 Å². The number of amides is 2. The zero-order valence-electron chi connectivity index (χ0n) is 15.5. The van der Waals surface area contributed by atoms with Gasteiger partial charge in [0.2, 0.25) is 11.8 Å². The third-order valence-electron chi connectivity index (χ3n) is 5.13. The van der Waals surface area contributed by atoms with Crippen molar-refractivity contribution in [2.45, 2.75) is 19.9 Å². The van der Waals surface area contributed by atoms with Gasteiger partial charge in [0.15, 0.2) is 0 Å².